The number of anilines is 3. The molecule has 328 valence electrons. The first-order valence-electron chi connectivity index (χ1n) is 24.4. The number of benzene rings is 13. The maximum Gasteiger partial charge on any atom is 0.138 e. The van der Waals surface area contributed by atoms with Crippen LogP contribution in [0.1, 0.15) is 0 Å². The molecule has 0 amide bonds. The number of pyridine rings is 1. The molecule has 0 bridgehead atoms. The van der Waals surface area contributed by atoms with Gasteiger partial charge in [0.2, 0.25) is 0 Å². The molecule has 0 aliphatic heterocycles. The minimum Gasteiger partial charge on any atom is -0.310 e. The molecular formula is C67H39N3S. The van der Waals surface area contributed by atoms with Gasteiger partial charge in [-0.05, 0) is 137 Å². The van der Waals surface area contributed by atoms with Crippen molar-refractivity contribution in [1.29, 1.82) is 0 Å². The van der Waals surface area contributed by atoms with Gasteiger partial charge in [0.15, 0.2) is 0 Å². The average Bonchev–Trinajstić information content (AvgIpc) is 3.98. The minimum absolute atomic E-state index is 0.909. The summed E-state index contributed by atoms with van der Waals surface area (Å²) in [6, 6.07) is 87.5. The summed E-state index contributed by atoms with van der Waals surface area (Å²) in [4.78, 5) is 7.93. The van der Waals surface area contributed by atoms with Crippen LogP contribution < -0.4 is 4.90 Å². The van der Waals surface area contributed by atoms with Crippen LogP contribution in [0.15, 0.2) is 237 Å². The number of hydrogen-bond acceptors (Lipinski definition) is 3. The fourth-order valence-corrected chi connectivity index (χ4v) is 13.3. The molecule has 0 spiro atoms. The van der Waals surface area contributed by atoms with Crippen LogP contribution in [0.3, 0.4) is 0 Å². The zero-order valence-electron chi connectivity index (χ0n) is 38.3. The molecule has 0 aliphatic carbocycles. The number of rotatable bonds is 4. The van der Waals surface area contributed by atoms with Gasteiger partial charge in [-0.3, -0.25) is 4.57 Å². The van der Waals surface area contributed by atoms with Gasteiger partial charge in [0.1, 0.15) is 5.82 Å². The van der Waals surface area contributed by atoms with Crippen molar-refractivity contribution in [2.24, 2.45) is 0 Å². The van der Waals surface area contributed by atoms with E-state index in [0.717, 1.165) is 39.3 Å². The van der Waals surface area contributed by atoms with Gasteiger partial charge in [0.25, 0.3) is 0 Å². The van der Waals surface area contributed by atoms with Crippen LogP contribution in [-0.2, 0) is 0 Å². The normalized spacial score (nSPS) is 12.2. The highest BCUT2D eigenvalue weighted by Crippen LogP contribution is 2.51. The molecule has 0 unspecified atom stereocenters. The van der Waals surface area contributed by atoms with Crippen LogP contribution in [0.5, 0.6) is 0 Å². The van der Waals surface area contributed by atoms with E-state index in [9.17, 15) is 0 Å². The van der Waals surface area contributed by atoms with Crippen LogP contribution in [0.25, 0.3) is 134 Å². The number of nitrogens with zero attached hydrogens (tertiary/aromatic N) is 3. The first kappa shape index (κ1) is 38.8. The predicted octanol–water partition coefficient (Wildman–Crippen LogP) is 19.2. The van der Waals surface area contributed by atoms with Crippen molar-refractivity contribution in [3.63, 3.8) is 0 Å². The molecule has 0 saturated carbocycles. The molecule has 0 N–H and O–H groups in total. The number of aromatic nitrogens is 2. The average molecular weight is 918 g/mol. The van der Waals surface area contributed by atoms with Crippen molar-refractivity contribution < 1.29 is 0 Å². The molecule has 3 heterocycles. The summed E-state index contributed by atoms with van der Waals surface area (Å²) in [5, 5.41) is 23.6. The Labute approximate surface area is 411 Å². The zero-order chi connectivity index (χ0) is 46.3. The molecule has 4 heteroatoms. The summed E-state index contributed by atoms with van der Waals surface area (Å²) in [6.45, 7) is 0. The highest BCUT2D eigenvalue weighted by atomic mass is 32.1. The van der Waals surface area contributed by atoms with Crippen LogP contribution in [0.2, 0.25) is 0 Å². The van der Waals surface area contributed by atoms with E-state index in [1.54, 1.807) is 0 Å². The fourth-order valence-electron chi connectivity index (χ4n) is 12.1. The van der Waals surface area contributed by atoms with E-state index in [1.807, 2.05) is 11.3 Å². The summed E-state index contributed by atoms with van der Waals surface area (Å²) < 4.78 is 4.99. The Morgan fingerprint density at radius 3 is 1.63 bits per heavy atom. The summed E-state index contributed by atoms with van der Waals surface area (Å²) in [5.41, 5.74) is 6.66. The van der Waals surface area contributed by atoms with Crippen molar-refractivity contribution in [3.05, 3.63) is 237 Å². The quantitative estimate of drug-likeness (QED) is 0.164. The maximum absolute atomic E-state index is 5.49. The Morgan fingerprint density at radius 2 is 0.859 bits per heavy atom. The SMILES string of the molecule is c1ccc2cc(N(c3ccc4c(c3)sc3c5ccccc5c5c6cc7c8ccccc8c8ccccc8c7cc6n(-c6ccc7ccccc7n6)c5c43)c3ccc4ccc5ccccc5c4c3)ccc2c1. The smallest absolute Gasteiger partial charge is 0.138 e. The second kappa shape index (κ2) is 14.7. The van der Waals surface area contributed by atoms with Gasteiger partial charge in [0.05, 0.1) is 16.6 Å². The fraction of sp³-hybridized carbons (Fsp3) is 0. The highest BCUT2D eigenvalue weighted by molar-refractivity contribution is 7.27. The second-order valence-corrected chi connectivity index (χ2v) is 20.1. The molecule has 0 radical (unpaired) electrons. The van der Waals surface area contributed by atoms with Crippen molar-refractivity contribution in [2.75, 3.05) is 4.90 Å². The monoisotopic (exact) mass is 917 g/mol. The Bertz CT molecular complexity index is 4960. The lowest BCUT2D eigenvalue weighted by atomic mass is 9.92. The lowest BCUT2D eigenvalue weighted by Crippen LogP contribution is -2.09. The molecule has 0 fully saturated rings. The second-order valence-electron chi connectivity index (χ2n) is 19.0. The number of hydrogen-bond donors (Lipinski definition) is 0. The third-order valence-corrected chi connectivity index (χ3v) is 16.4. The Balaban J connectivity index is 1.03. The van der Waals surface area contributed by atoms with Crippen molar-refractivity contribution in [3.8, 4) is 5.82 Å². The summed E-state index contributed by atoms with van der Waals surface area (Å²) >= 11 is 1.90. The number of thiophene rings is 1. The molecule has 0 aliphatic rings. The Hall–Kier alpha value is -9.09. The van der Waals surface area contributed by atoms with E-state index >= 15 is 0 Å². The van der Waals surface area contributed by atoms with Crippen molar-refractivity contribution in [2.45, 2.75) is 0 Å². The lowest BCUT2D eigenvalue weighted by molar-refractivity contribution is 1.11. The standard InChI is InChI=1S/C67H39N3S/c1-2-16-44-35-45(30-27-40(44)13-1)69(46-31-28-42-26-25-41-14-3-5-17-48(41)56(42)36-46)47-32-33-55-62(37-47)71-67-54-23-11-10-22-53(54)64-59-38-57-51-20-8-6-18-49(51)50-19-7-9-21-52(50)58(57)39-61(59)70(66(64)65(55)67)63-34-29-43-15-4-12-24-60(43)68-63/h1-39H. The van der Waals surface area contributed by atoms with Gasteiger partial charge < -0.3 is 4.90 Å². The number of para-hydroxylation sites is 1. The molecule has 71 heavy (non-hydrogen) atoms. The van der Waals surface area contributed by atoms with Crippen molar-refractivity contribution in [1.82, 2.24) is 9.55 Å². The summed E-state index contributed by atoms with van der Waals surface area (Å²) in [5.74, 6) is 0.909. The first-order valence-corrected chi connectivity index (χ1v) is 25.2. The van der Waals surface area contributed by atoms with Gasteiger partial charge in [-0.1, -0.05) is 170 Å². The van der Waals surface area contributed by atoms with E-state index in [2.05, 4.69) is 246 Å². The molecule has 16 rings (SSSR count). The number of fused-ring (bicyclic) bond motifs is 21. The van der Waals surface area contributed by atoms with Gasteiger partial charge >= 0.3 is 0 Å². The van der Waals surface area contributed by atoms with E-state index in [0.29, 0.717) is 0 Å². The minimum atomic E-state index is 0.909. The van der Waals surface area contributed by atoms with Crippen LogP contribution in [0, 0.1) is 0 Å². The third kappa shape index (κ3) is 5.62. The third-order valence-electron chi connectivity index (χ3n) is 15.2. The molecule has 0 saturated heterocycles. The maximum atomic E-state index is 5.49. The van der Waals surface area contributed by atoms with Gasteiger partial charge in [0, 0.05) is 58.8 Å². The van der Waals surface area contributed by atoms with E-state index in [4.69, 9.17) is 4.98 Å². The molecule has 3 aromatic heterocycles. The first-order chi connectivity index (χ1) is 35.2. The van der Waals surface area contributed by atoms with Crippen LogP contribution in [-0.4, -0.2) is 9.55 Å². The summed E-state index contributed by atoms with van der Waals surface area (Å²) in [7, 11) is 0. The highest BCUT2D eigenvalue weighted by Gasteiger charge is 2.25. The van der Waals surface area contributed by atoms with Gasteiger partial charge in [-0.15, -0.1) is 11.3 Å². The summed E-state index contributed by atoms with van der Waals surface area (Å²) in [6.07, 6.45) is 0. The lowest BCUT2D eigenvalue weighted by Gasteiger charge is -2.26. The van der Waals surface area contributed by atoms with Crippen LogP contribution >= 0.6 is 11.3 Å². The van der Waals surface area contributed by atoms with Crippen molar-refractivity contribution >= 4 is 157 Å². The molecular weight excluding hydrogens is 879 g/mol. The van der Waals surface area contributed by atoms with E-state index in [-0.39, 0.29) is 0 Å². The Morgan fingerprint density at radius 1 is 0.324 bits per heavy atom. The Kier molecular flexibility index (Phi) is 8.04. The largest absolute Gasteiger partial charge is 0.310 e. The van der Waals surface area contributed by atoms with E-state index < -0.39 is 0 Å². The van der Waals surface area contributed by atoms with Crippen LogP contribution in [0.4, 0.5) is 17.1 Å². The zero-order valence-corrected chi connectivity index (χ0v) is 39.1. The van der Waals surface area contributed by atoms with E-state index in [1.165, 1.54) is 112 Å². The predicted molar refractivity (Wildman–Crippen MR) is 306 cm³/mol. The topological polar surface area (TPSA) is 21.1 Å². The molecule has 13 aromatic carbocycles. The van der Waals surface area contributed by atoms with Gasteiger partial charge in [-0.25, -0.2) is 4.98 Å². The molecule has 3 nitrogen and oxygen atoms in total. The van der Waals surface area contributed by atoms with Gasteiger partial charge in [-0.2, -0.15) is 0 Å². The molecule has 16 aromatic rings. The molecule has 0 atom stereocenters.